The van der Waals surface area contributed by atoms with Gasteiger partial charge in [-0.2, -0.15) is 0 Å². The van der Waals surface area contributed by atoms with E-state index in [2.05, 4.69) is 5.32 Å². The minimum absolute atomic E-state index is 0.105. The van der Waals surface area contributed by atoms with Gasteiger partial charge in [-0.15, -0.1) is 0 Å². The highest BCUT2D eigenvalue weighted by molar-refractivity contribution is 5.95. The third kappa shape index (κ3) is 4.04. The Kier molecular flexibility index (Phi) is 5.56. The van der Waals surface area contributed by atoms with Crippen LogP contribution in [0.4, 0.5) is 5.69 Å². The number of likely N-dealkylation sites (tertiary alicyclic amines) is 1. The molecule has 5 heteroatoms. The number of nitrogens with one attached hydrogen (secondary N) is 1. The molecule has 0 aliphatic carbocycles. The number of hydrogen-bond acceptors (Lipinski definition) is 4. The van der Waals surface area contributed by atoms with Gasteiger partial charge in [0, 0.05) is 30.9 Å². The zero-order valence-electron chi connectivity index (χ0n) is 15.2. The van der Waals surface area contributed by atoms with Crippen LogP contribution in [0.1, 0.15) is 44.7 Å². The maximum absolute atomic E-state index is 12.6. The fourth-order valence-electron chi connectivity index (χ4n) is 3.12. The van der Waals surface area contributed by atoms with Crippen LogP contribution in [-0.2, 0) is 11.3 Å². The van der Waals surface area contributed by atoms with Crippen molar-refractivity contribution >= 4 is 17.6 Å². The van der Waals surface area contributed by atoms with Gasteiger partial charge in [0.25, 0.3) is 5.91 Å². The zero-order chi connectivity index (χ0) is 18.5. The number of nitrogens with zero attached hydrogens (tertiary/aromatic N) is 1. The summed E-state index contributed by atoms with van der Waals surface area (Å²) in [6.45, 7) is 4.33. The quantitative estimate of drug-likeness (QED) is 0.835. The third-order valence-electron chi connectivity index (χ3n) is 4.74. The number of esters is 1. The van der Waals surface area contributed by atoms with E-state index in [1.807, 2.05) is 42.2 Å². The molecule has 26 heavy (non-hydrogen) atoms. The molecule has 1 aliphatic heterocycles. The summed E-state index contributed by atoms with van der Waals surface area (Å²) in [5.41, 5.74) is 4.35. The number of amides is 1. The molecule has 3 rings (SSSR count). The standard InChI is InChI=1S/C21H24N2O3/c1-15-5-8-18(20(24)23-11-3-4-12-23)13-19(15)22-14-16-6-9-17(10-7-16)21(25)26-2/h5-10,13,22H,3-4,11-12,14H2,1-2H3. The van der Waals surface area contributed by atoms with Gasteiger partial charge >= 0.3 is 5.97 Å². The van der Waals surface area contributed by atoms with Crippen LogP contribution in [-0.4, -0.2) is 37.0 Å². The molecule has 0 bridgehead atoms. The van der Waals surface area contributed by atoms with Crippen molar-refractivity contribution in [3.63, 3.8) is 0 Å². The molecule has 0 aromatic heterocycles. The minimum atomic E-state index is -0.339. The van der Waals surface area contributed by atoms with Crippen molar-refractivity contribution in [2.75, 3.05) is 25.5 Å². The number of anilines is 1. The predicted octanol–water partition coefficient (Wildman–Crippen LogP) is 3.63. The van der Waals surface area contributed by atoms with E-state index in [9.17, 15) is 9.59 Å². The van der Waals surface area contributed by atoms with E-state index >= 15 is 0 Å². The summed E-state index contributed by atoms with van der Waals surface area (Å²) in [7, 11) is 1.37. The molecule has 2 aromatic rings. The van der Waals surface area contributed by atoms with Crippen molar-refractivity contribution in [1.82, 2.24) is 4.90 Å². The normalized spacial score (nSPS) is 13.5. The van der Waals surface area contributed by atoms with Crippen LogP contribution in [0.25, 0.3) is 0 Å². The Bertz CT molecular complexity index is 793. The van der Waals surface area contributed by atoms with E-state index < -0.39 is 0 Å². The number of carbonyl (C=O) groups is 2. The molecule has 0 saturated carbocycles. The summed E-state index contributed by atoms with van der Waals surface area (Å²) < 4.78 is 4.71. The van der Waals surface area contributed by atoms with Crippen LogP contribution < -0.4 is 5.32 Å². The molecule has 1 saturated heterocycles. The largest absolute Gasteiger partial charge is 0.465 e. The second kappa shape index (κ2) is 8.04. The molecule has 136 valence electrons. The number of aryl methyl sites for hydroxylation is 1. The highest BCUT2D eigenvalue weighted by atomic mass is 16.5. The fraction of sp³-hybridized carbons (Fsp3) is 0.333. The predicted molar refractivity (Wildman–Crippen MR) is 101 cm³/mol. The number of rotatable bonds is 5. The lowest BCUT2D eigenvalue weighted by molar-refractivity contribution is 0.0600. The highest BCUT2D eigenvalue weighted by Gasteiger charge is 2.19. The zero-order valence-corrected chi connectivity index (χ0v) is 15.2. The van der Waals surface area contributed by atoms with Crippen molar-refractivity contribution < 1.29 is 14.3 Å². The highest BCUT2D eigenvalue weighted by Crippen LogP contribution is 2.21. The van der Waals surface area contributed by atoms with Gasteiger partial charge in [-0.3, -0.25) is 4.79 Å². The van der Waals surface area contributed by atoms with Crippen molar-refractivity contribution in [3.8, 4) is 0 Å². The molecule has 1 N–H and O–H groups in total. The van der Waals surface area contributed by atoms with Crippen molar-refractivity contribution in [3.05, 3.63) is 64.7 Å². The molecule has 0 unspecified atom stereocenters. The Morgan fingerprint density at radius 1 is 1.04 bits per heavy atom. The number of methoxy groups -OCH3 is 1. The summed E-state index contributed by atoms with van der Waals surface area (Å²) in [6, 6.07) is 13.1. The molecule has 2 aromatic carbocycles. The first kappa shape index (κ1) is 18.0. The molecule has 5 nitrogen and oxygen atoms in total. The lowest BCUT2D eigenvalue weighted by Gasteiger charge is -2.17. The van der Waals surface area contributed by atoms with E-state index in [4.69, 9.17) is 4.74 Å². The average molecular weight is 352 g/mol. The number of ether oxygens (including phenoxy) is 1. The molecule has 0 spiro atoms. The molecule has 0 atom stereocenters. The van der Waals surface area contributed by atoms with E-state index in [-0.39, 0.29) is 11.9 Å². The average Bonchev–Trinajstić information content (AvgIpc) is 3.21. The first-order valence-electron chi connectivity index (χ1n) is 8.89. The van der Waals surface area contributed by atoms with Crippen LogP contribution in [0.2, 0.25) is 0 Å². The van der Waals surface area contributed by atoms with E-state index in [1.165, 1.54) is 7.11 Å². The Labute approximate surface area is 154 Å². The smallest absolute Gasteiger partial charge is 0.337 e. The van der Waals surface area contributed by atoms with Crippen molar-refractivity contribution in [1.29, 1.82) is 0 Å². The topological polar surface area (TPSA) is 58.6 Å². The van der Waals surface area contributed by atoms with Gasteiger partial charge in [0.15, 0.2) is 0 Å². The molecule has 1 amide bonds. The van der Waals surface area contributed by atoms with E-state index in [0.29, 0.717) is 12.1 Å². The number of hydrogen-bond donors (Lipinski definition) is 1. The van der Waals surface area contributed by atoms with Crippen LogP contribution in [0, 0.1) is 6.92 Å². The van der Waals surface area contributed by atoms with Gasteiger partial charge in [-0.05, 0) is 55.2 Å². The Morgan fingerprint density at radius 3 is 2.35 bits per heavy atom. The first-order chi connectivity index (χ1) is 12.6. The lowest BCUT2D eigenvalue weighted by Crippen LogP contribution is -2.27. The molecular formula is C21H24N2O3. The van der Waals surface area contributed by atoms with Gasteiger partial charge in [-0.25, -0.2) is 4.79 Å². The van der Waals surface area contributed by atoms with Gasteiger partial charge in [0.05, 0.1) is 12.7 Å². The number of carbonyl (C=O) groups excluding carboxylic acids is 2. The van der Waals surface area contributed by atoms with Gasteiger partial charge in [0.2, 0.25) is 0 Å². The van der Waals surface area contributed by atoms with Crippen LogP contribution in [0.5, 0.6) is 0 Å². The Hall–Kier alpha value is -2.82. The van der Waals surface area contributed by atoms with Crippen molar-refractivity contribution in [2.24, 2.45) is 0 Å². The maximum atomic E-state index is 12.6. The van der Waals surface area contributed by atoms with Gasteiger partial charge in [0.1, 0.15) is 0 Å². The molecule has 0 radical (unpaired) electrons. The monoisotopic (exact) mass is 352 g/mol. The van der Waals surface area contributed by atoms with E-state index in [0.717, 1.165) is 48.3 Å². The van der Waals surface area contributed by atoms with E-state index in [1.54, 1.807) is 12.1 Å². The Morgan fingerprint density at radius 2 is 1.69 bits per heavy atom. The van der Waals surface area contributed by atoms with Crippen LogP contribution in [0.15, 0.2) is 42.5 Å². The SMILES string of the molecule is COC(=O)c1ccc(CNc2cc(C(=O)N3CCCC3)ccc2C)cc1. The molecule has 1 aliphatic rings. The summed E-state index contributed by atoms with van der Waals surface area (Å²) in [6.07, 6.45) is 2.18. The van der Waals surface area contributed by atoms with Crippen LogP contribution in [0.3, 0.4) is 0 Å². The second-order valence-electron chi connectivity index (χ2n) is 6.57. The molecular weight excluding hydrogens is 328 g/mol. The first-order valence-corrected chi connectivity index (χ1v) is 8.89. The molecule has 1 fully saturated rings. The summed E-state index contributed by atoms with van der Waals surface area (Å²) in [4.78, 5) is 26.0. The summed E-state index contributed by atoms with van der Waals surface area (Å²) in [5, 5.41) is 3.39. The minimum Gasteiger partial charge on any atom is -0.465 e. The third-order valence-corrected chi connectivity index (χ3v) is 4.74. The van der Waals surface area contributed by atoms with Gasteiger partial charge in [-0.1, -0.05) is 18.2 Å². The maximum Gasteiger partial charge on any atom is 0.337 e. The fourth-order valence-corrected chi connectivity index (χ4v) is 3.12. The van der Waals surface area contributed by atoms with Crippen molar-refractivity contribution in [2.45, 2.75) is 26.3 Å². The second-order valence-corrected chi connectivity index (χ2v) is 6.57. The number of benzene rings is 2. The van der Waals surface area contributed by atoms with Gasteiger partial charge < -0.3 is 15.0 Å². The van der Waals surface area contributed by atoms with Crippen LogP contribution >= 0.6 is 0 Å². The molecule has 1 heterocycles. The lowest BCUT2D eigenvalue weighted by atomic mass is 10.1. The summed E-state index contributed by atoms with van der Waals surface area (Å²) >= 11 is 0. The summed E-state index contributed by atoms with van der Waals surface area (Å²) in [5.74, 6) is -0.235. The Balaban J connectivity index is 1.68.